The summed E-state index contributed by atoms with van der Waals surface area (Å²) in [5, 5.41) is 0. The lowest BCUT2D eigenvalue weighted by atomic mass is 10.2. The lowest BCUT2D eigenvalue weighted by Crippen LogP contribution is -2.51. The van der Waals surface area contributed by atoms with Gasteiger partial charge in [-0.15, -0.1) is 0 Å². The van der Waals surface area contributed by atoms with Crippen LogP contribution >= 0.6 is 15.9 Å². The summed E-state index contributed by atoms with van der Waals surface area (Å²) >= 11 is 3.42. The summed E-state index contributed by atoms with van der Waals surface area (Å²) in [4.78, 5) is 12.0. The van der Waals surface area contributed by atoms with Gasteiger partial charge in [-0.25, -0.2) is 0 Å². The van der Waals surface area contributed by atoms with E-state index < -0.39 is 8.32 Å². The number of hydrogen-bond acceptors (Lipinski definition) is 2. The van der Waals surface area contributed by atoms with Crippen molar-refractivity contribution in [2.24, 2.45) is 0 Å². The van der Waals surface area contributed by atoms with E-state index in [1.54, 1.807) is 6.92 Å². The predicted octanol–water partition coefficient (Wildman–Crippen LogP) is 5.82. The molecular formula is C16H31BrO2Si. The van der Waals surface area contributed by atoms with E-state index in [0.717, 1.165) is 4.48 Å². The van der Waals surface area contributed by atoms with Crippen LogP contribution in [-0.4, -0.2) is 20.2 Å². The van der Waals surface area contributed by atoms with Crippen molar-refractivity contribution in [3.8, 4) is 0 Å². The summed E-state index contributed by atoms with van der Waals surface area (Å²) in [5.41, 5.74) is 1.50. The van der Waals surface area contributed by atoms with Gasteiger partial charge < -0.3 is 4.43 Å². The molecule has 0 amide bonds. The number of rotatable bonds is 8. The summed E-state index contributed by atoms with van der Waals surface area (Å²) in [6.45, 7) is 17.1. The minimum atomic E-state index is -1.99. The van der Waals surface area contributed by atoms with Crippen molar-refractivity contribution in [1.82, 2.24) is 0 Å². The first-order valence-electron chi connectivity index (χ1n) is 7.56. The van der Waals surface area contributed by atoms with Crippen molar-refractivity contribution in [3.63, 3.8) is 0 Å². The number of allylic oxidation sites excluding steroid dienone is 1. The van der Waals surface area contributed by atoms with E-state index in [-0.39, 0.29) is 11.9 Å². The Bertz CT molecular complexity index is 323. The summed E-state index contributed by atoms with van der Waals surface area (Å²) in [6, 6.07) is 0. The van der Waals surface area contributed by atoms with Crippen molar-refractivity contribution in [3.05, 3.63) is 10.6 Å². The molecule has 0 heterocycles. The quantitative estimate of drug-likeness (QED) is 0.508. The molecule has 0 N–H and O–H groups in total. The maximum Gasteiger partial charge on any atom is 0.201 e. The molecule has 0 unspecified atom stereocenters. The Labute approximate surface area is 134 Å². The van der Waals surface area contributed by atoms with Gasteiger partial charge in [0.1, 0.15) is 6.10 Å². The number of Topliss-reactive ketones (excluding diaryl/α,β-unsaturated/α-hetero) is 1. The van der Waals surface area contributed by atoms with Gasteiger partial charge in [-0.05, 0) is 41.4 Å². The molecule has 0 radical (unpaired) electrons. The first-order chi connectivity index (χ1) is 9.05. The molecule has 2 nitrogen and oxygen atoms in total. The van der Waals surface area contributed by atoms with Crippen LogP contribution < -0.4 is 0 Å². The van der Waals surface area contributed by atoms with Crippen LogP contribution in [0.15, 0.2) is 10.6 Å². The maximum atomic E-state index is 12.0. The highest BCUT2D eigenvalue weighted by molar-refractivity contribution is 9.11. The minimum absolute atomic E-state index is 0.133. The van der Waals surface area contributed by atoms with Gasteiger partial charge in [-0.3, -0.25) is 4.79 Å². The molecule has 20 heavy (non-hydrogen) atoms. The highest BCUT2D eigenvalue weighted by Crippen LogP contribution is 2.43. The van der Waals surface area contributed by atoms with E-state index in [0.29, 0.717) is 23.0 Å². The van der Waals surface area contributed by atoms with Crippen LogP contribution in [0.4, 0.5) is 0 Å². The average molecular weight is 363 g/mol. The van der Waals surface area contributed by atoms with Gasteiger partial charge in [0.2, 0.25) is 8.32 Å². The van der Waals surface area contributed by atoms with Crippen LogP contribution in [-0.2, 0) is 9.22 Å². The Morgan fingerprint density at radius 3 is 1.70 bits per heavy atom. The zero-order valence-electron chi connectivity index (χ0n) is 14.3. The molecule has 4 heteroatoms. The number of ketones is 1. The second-order valence-electron chi connectivity index (χ2n) is 6.56. The molecule has 0 aromatic rings. The van der Waals surface area contributed by atoms with Gasteiger partial charge in [0.05, 0.1) is 0 Å². The molecule has 0 aliphatic heterocycles. The van der Waals surface area contributed by atoms with Crippen LogP contribution in [0.2, 0.25) is 16.6 Å². The fraction of sp³-hybridized carbons (Fsp3) is 0.812. The molecule has 0 fully saturated rings. The first-order valence-corrected chi connectivity index (χ1v) is 10.5. The van der Waals surface area contributed by atoms with Gasteiger partial charge in [0, 0.05) is 0 Å². The molecule has 0 spiro atoms. The number of carbonyl (C=O) groups is 1. The molecular weight excluding hydrogens is 332 g/mol. The van der Waals surface area contributed by atoms with Crippen molar-refractivity contribution >= 4 is 30.0 Å². The zero-order chi connectivity index (χ0) is 16.1. The van der Waals surface area contributed by atoms with Gasteiger partial charge >= 0.3 is 0 Å². The Hall–Kier alpha value is 0.0669. The lowest BCUT2D eigenvalue weighted by Gasteiger charge is -2.44. The SMILES string of the molecule is CC(=O)[C@H](C/C=C(\C)Br)O[Si](C(C)C)(C(C)C)C(C)C. The van der Waals surface area contributed by atoms with Crippen LogP contribution in [0.25, 0.3) is 0 Å². The van der Waals surface area contributed by atoms with E-state index in [1.807, 2.05) is 13.0 Å². The maximum absolute atomic E-state index is 12.0. The van der Waals surface area contributed by atoms with E-state index in [2.05, 4.69) is 57.5 Å². The molecule has 0 aliphatic carbocycles. The second kappa shape index (κ2) is 8.50. The highest BCUT2D eigenvalue weighted by atomic mass is 79.9. The molecule has 0 bridgehead atoms. The van der Waals surface area contributed by atoms with Crippen molar-refractivity contribution in [2.75, 3.05) is 0 Å². The van der Waals surface area contributed by atoms with E-state index >= 15 is 0 Å². The zero-order valence-corrected chi connectivity index (χ0v) is 16.9. The summed E-state index contributed by atoms with van der Waals surface area (Å²) < 4.78 is 7.61. The Balaban J connectivity index is 5.38. The van der Waals surface area contributed by atoms with Crippen LogP contribution in [0.3, 0.4) is 0 Å². The third-order valence-electron chi connectivity index (χ3n) is 4.12. The Morgan fingerprint density at radius 1 is 1.05 bits per heavy atom. The number of halogens is 1. The molecule has 1 atom stereocenters. The predicted molar refractivity (Wildman–Crippen MR) is 93.9 cm³/mol. The van der Waals surface area contributed by atoms with Gasteiger partial charge in [-0.1, -0.05) is 63.5 Å². The largest absolute Gasteiger partial charge is 0.406 e. The van der Waals surface area contributed by atoms with Crippen molar-refractivity contribution < 1.29 is 9.22 Å². The van der Waals surface area contributed by atoms with E-state index in [1.165, 1.54) is 0 Å². The smallest absolute Gasteiger partial charge is 0.201 e. The van der Waals surface area contributed by atoms with Crippen LogP contribution in [0, 0.1) is 0 Å². The van der Waals surface area contributed by atoms with Gasteiger partial charge in [0.15, 0.2) is 5.78 Å². The summed E-state index contributed by atoms with van der Waals surface area (Å²) in [5.74, 6) is 0.133. The fourth-order valence-electron chi connectivity index (χ4n) is 3.22. The number of carbonyl (C=O) groups excluding carboxylic acids is 1. The monoisotopic (exact) mass is 362 g/mol. The second-order valence-corrected chi connectivity index (χ2v) is 13.2. The molecule has 118 valence electrons. The van der Waals surface area contributed by atoms with E-state index in [4.69, 9.17) is 4.43 Å². The molecule has 0 saturated carbocycles. The Kier molecular flexibility index (Phi) is 8.52. The number of hydrogen-bond donors (Lipinski definition) is 0. The molecule has 0 rings (SSSR count). The van der Waals surface area contributed by atoms with Crippen LogP contribution in [0.1, 0.15) is 61.8 Å². The minimum Gasteiger partial charge on any atom is -0.406 e. The normalized spacial score (nSPS) is 15.3. The summed E-state index contributed by atoms with van der Waals surface area (Å²) in [7, 11) is -1.99. The molecule has 0 aromatic heterocycles. The van der Waals surface area contributed by atoms with Crippen LogP contribution in [0.5, 0.6) is 0 Å². The third kappa shape index (κ3) is 5.12. The third-order valence-corrected chi connectivity index (χ3v) is 10.6. The standard InChI is InChI=1S/C16H31BrO2Si/c1-11(2)20(12(3)4,13(5)6)19-16(15(8)18)10-9-14(7)17/h9,11-13,16H,10H2,1-8H3/b14-9+/t16-/m0/s1. The molecule has 0 aromatic carbocycles. The summed E-state index contributed by atoms with van der Waals surface area (Å²) in [6.07, 6.45) is 2.39. The topological polar surface area (TPSA) is 26.3 Å². The molecule has 0 aliphatic rings. The van der Waals surface area contributed by atoms with Crippen molar-refractivity contribution in [1.29, 1.82) is 0 Å². The lowest BCUT2D eigenvalue weighted by molar-refractivity contribution is -0.124. The molecule has 0 saturated heterocycles. The van der Waals surface area contributed by atoms with E-state index in [9.17, 15) is 4.79 Å². The Morgan fingerprint density at radius 2 is 1.45 bits per heavy atom. The van der Waals surface area contributed by atoms with Crippen molar-refractivity contribution in [2.45, 2.75) is 84.5 Å². The fourth-order valence-corrected chi connectivity index (χ4v) is 8.98. The average Bonchev–Trinajstić information content (AvgIpc) is 2.26. The highest BCUT2D eigenvalue weighted by Gasteiger charge is 2.47. The van der Waals surface area contributed by atoms with Gasteiger partial charge in [-0.2, -0.15) is 0 Å². The van der Waals surface area contributed by atoms with Gasteiger partial charge in [0.25, 0.3) is 0 Å². The first kappa shape index (κ1) is 20.1.